The summed E-state index contributed by atoms with van der Waals surface area (Å²) in [6.07, 6.45) is 8.67. The van der Waals surface area contributed by atoms with Gasteiger partial charge in [-0.3, -0.25) is 9.59 Å². The summed E-state index contributed by atoms with van der Waals surface area (Å²) in [6.45, 7) is 2.56. The number of ether oxygens (including phenoxy) is 6. The second-order valence-corrected chi connectivity index (χ2v) is 16.2. The van der Waals surface area contributed by atoms with Gasteiger partial charge in [0, 0.05) is 12.8 Å². The van der Waals surface area contributed by atoms with Crippen molar-refractivity contribution in [2.45, 2.75) is 235 Å². The Kier molecular flexibility index (Phi) is 29.3. The van der Waals surface area contributed by atoms with Crippen molar-refractivity contribution >= 4 is 11.9 Å². The maximum absolute atomic E-state index is 12.9. The van der Waals surface area contributed by atoms with Gasteiger partial charge in [0.1, 0.15) is 55.4 Å². The minimum atomic E-state index is -1.76. The molecule has 0 aromatic rings. The maximum Gasteiger partial charge on any atom is 0.306 e. The van der Waals surface area contributed by atoms with E-state index >= 15 is 0 Å². The van der Waals surface area contributed by atoms with E-state index in [4.69, 9.17) is 28.4 Å². The summed E-state index contributed by atoms with van der Waals surface area (Å²) in [5, 5.41) is 71.7. The molecule has 15 nitrogen and oxygen atoms in total. The molecule has 58 heavy (non-hydrogen) atoms. The third-order valence-electron chi connectivity index (χ3n) is 11.1. The van der Waals surface area contributed by atoms with Gasteiger partial charge in [0.05, 0.1) is 19.8 Å². The lowest BCUT2D eigenvalue weighted by Crippen LogP contribution is -2.61. The predicted molar refractivity (Wildman–Crippen MR) is 215 cm³/mol. The fourth-order valence-corrected chi connectivity index (χ4v) is 7.28. The molecule has 0 aromatic carbocycles. The summed E-state index contributed by atoms with van der Waals surface area (Å²) in [6, 6.07) is 0. The monoisotopic (exact) mass is 837 g/mol. The second kappa shape index (κ2) is 32.2. The normalized spacial score (nSPS) is 28.0. The molecule has 2 aliphatic heterocycles. The van der Waals surface area contributed by atoms with Gasteiger partial charge in [-0.1, -0.05) is 142 Å². The van der Waals surface area contributed by atoms with Crippen molar-refractivity contribution in [2.75, 3.05) is 26.4 Å². The summed E-state index contributed by atoms with van der Waals surface area (Å²) in [4.78, 5) is 25.5. The van der Waals surface area contributed by atoms with Gasteiger partial charge in [-0.05, 0) is 12.8 Å². The first-order valence-electron chi connectivity index (χ1n) is 22.6. The van der Waals surface area contributed by atoms with E-state index in [2.05, 4.69) is 13.8 Å². The van der Waals surface area contributed by atoms with Crippen LogP contribution in [-0.2, 0) is 38.0 Å². The molecule has 2 rings (SSSR count). The van der Waals surface area contributed by atoms with E-state index in [0.29, 0.717) is 12.8 Å². The number of aliphatic hydroxyl groups excluding tert-OH is 7. The summed E-state index contributed by atoms with van der Waals surface area (Å²) in [5.41, 5.74) is 0. The molecule has 0 spiro atoms. The molecular formula is C43H80O15. The number of rotatable bonds is 34. The summed E-state index contributed by atoms with van der Waals surface area (Å²) < 4.78 is 33.4. The Morgan fingerprint density at radius 1 is 0.483 bits per heavy atom. The Hall–Kier alpha value is -1.50. The van der Waals surface area contributed by atoms with Crippen LogP contribution < -0.4 is 0 Å². The fourth-order valence-electron chi connectivity index (χ4n) is 7.28. The van der Waals surface area contributed by atoms with E-state index in [1.54, 1.807) is 0 Å². The highest BCUT2D eigenvalue weighted by Crippen LogP contribution is 2.26. The van der Waals surface area contributed by atoms with Crippen molar-refractivity contribution in [2.24, 2.45) is 0 Å². The van der Waals surface area contributed by atoms with Crippen molar-refractivity contribution in [1.29, 1.82) is 0 Å². The lowest BCUT2D eigenvalue weighted by atomic mass is 9.98. The Morgan fingerprint density at radius 3 is 1.34 bits per heavy atom. The van der Waals surface area contributed by atoms with Gasteiger partial charge in [-0.2, -0.15) is 0 Å². The zero-order valence-corrected chi connectivity index (χ0v) is 35.5. The van der Waals surface area contributed by atoms with Crippen LogP contribution in [0, 0.1) is 0 Å². The zero-order chi connectivity index (χ0) is 42.5. The van der Waals surface area contributed by atoms with Crippen molar-refractivity contribution in [3.63, 3.8) is 0 Å². The smallest absolute Gasteiger partial charge is 0.306 e. The second-order valence-electron chi connectivity index (χ2n) is 16.2. The first-order chi connectivity index (χ1) is 28.0. The average Bonchev–Trinajstić information content (AvgIpc) is 3.21. The molecule has 2 aliphatic rings. The van der Waals surface area contributed by atoms with Gasteiger partial charge in [0.15, 0.2) is 18.7 Å². The van der Waals surface area contributed by atoms with Crippen LogP contribution in [0.5, 0.6) is 0 Å². The first kappa shape index (κ1) is 52.6. The first-order valence-corrected chi connectivity index (χ1v) is 22.6. The van der Waals surface area contributed by atoms with Crippen LogP contribution in [0.15, 0.2) is 0 Å². The average molecular weight is 837 g/mol. The highest BCUT2D eigenvalue weighted by molar-refractivity contribution is 5.70. The molecule has 2 heterocycles. The van der Waals surface area contributed by atoms with E-state index in [0.717, 1.165) is 38.5 Å². The number of hydrogen-bond donors (Lipinski definition) is 7. The van der Waals surface area contributed by atoms with Gasteiger partial charge < -0.3 is 64.2 Å². The summed E-state index contributed by atoms with van der Waals surface area (Å²) in [5.74, 6) is -0.919. The van der Waals surface area contributed by atoms with Crippen LogP contribution in [0.1, 0.15) is 168 Å². The van der Waals surface area contributed by atoms with Gasteiger partial charge in [0.25, 0.3) is 0 Å². The molecule has 15 heteroatoms. The van der Waals surface area contributed by atoms with Crippen LogP contribution in [0.4, 0.5) is 0 Å². The Bertz CT molecular complexity index is 1030. The maximum atomic E-state index is 12.9. The Morgan fingerprint density at radius 2 is 0.879 bits per heavy atom. The van der Waals surface area contributed by atoms with E-state index in [-0.39, 0.29) is 26.1 Å². The molecule has 0 bridgehead atoms. The van der Waals surface area contributed by atoms with E-state index < -0.39 is 92.7 Å². The third kappa shape index (κ3) is 21.3. The zero-order valence-electron chi connectivity index (χ0n) is 35.5. The topological polar surface area (TPSA) is 231 Å². The summed E-state index contributed by atoms with van der Waals surface area (Å²) in [7, 11) is 0. The van der Waals surface area contributed by atoms with Crippen LogP contribution >= 0.6 is 0 Å². The van der Waals surface area contributed by atoms with Gasteiger partial charge in [-0.25, -0.2) is 0 Å². The van der Waals surface area contributed by atoms with Crippen LogP contribution in [0.2, 0.25) is 0 Å². The lowest BCUT2D eigenvalue weighted by Gasteiger charge is -2.42. The largest absolute Gasteiger partial charge is 0.462 e. The minimum absolute atomic E-state index is 0.172. The minimum Gasteiger partial charge on any atom is -0.462 e. The Balaban J connectivity index is 1.86. The number of aliphatic hydroxyl groups is 7. The Labute approximate surface area is 347 Å². The highest BCUT2D eigenvalue weighted by atomic mass is 16.7. The number of carbonyl (C=O) groups is 2. The molecule has 0 radical (unpaired) electrons. The number of unbranched alkanes of at least 4 members (excludes halogenated alkanes) is 20. The summed E-state index contributed by atoms with van der Waals surface area (Å²) >= 11 is 0. The molecular weight excluding hydrogens is 756 g/mol. The number of carbonyl (C=O) groups excluding carboxylic acids is 2. The van der Waals surface area contributed by atoms with E-state index in [1.807, 2.05) is 0 Å². The molecule has 7 N–H and O–H groups in total. The molecule has 0 aromatic heterocycles. The highest BCUT2D eigenvalue weighted by Gasteiger charge is 2.47. The molecule has 0 amide bonds. The van der Waals surface area contributed by atoms with Crippen molar-refractivity contribution in [1.82, 2.24) is 0 Å². The van der Waals surface area contributed by atoms with Crippen molar-refractivity contribution in [3.8, 4) is 0 Å². The van der Waals surface area contributed by atoms with Gasteiger partial charge in [0.2, 0.25) is 0 Å². The standard InChI is InChI=1S/C43H80O15/c1-3-5-7-9-11-13-15-17-19-21-23-25-34(45)53-28-31(56-35(46)26-24-22-20-18-16-14-12-10-8-6-4-2)29-54-42-41(52)39(50)37(48)33(58-42)30-55-43-40(51)38(49)36(47)32(27-44)57-43/h31-33,36-44,47-52H,3-30H2,1-2H3/t31-,32-,33-,36-,37+,38+,39+,40-,41-,42-,43-/m1/s1. The molecule has 11 atom stereocenters. The van der Waals surface area contributed by atoms with Crippen molar-refractivity contribution < 1.29 is 73.8 Å². The van der Waals surface area contributed by atoms with Crippen LogP contribution in [-0.4, -0.2) is 142 Å². The number of hydrogen-bond acceptors (Lipinski definition) is 15. The van der Waals surface area contributed by atoms with Crippen molar-refractivity contribution in [3.05, 3.63) is 0 Å². The van der Waals surface area contributed by atoms with Gasteiger partial charge in [-0.15, -0.1) is 0 Å². The lowest BCUT2D eigenvalue weighted by molar-refractivity contribution is -0.332. The van der Waals surface area contributed by atoms with Crippen LogP contribution in [0.3, 0.4) is 0 Å². The molecule has 2 fully saturated rings. The van der Waals surface area contributed by atoms with E-state index in [9.17, 15) is 45.3 Å². The fraction of sp³-hybridized carbons (Fsp3) is 0.953. The molecule has 342 valence electrons. The SMILES string of the molecule is CCCCCCCCCCCCCC(=O)OC[C@H](CO[C@@H]1O[C@H](CO[C@@H]2O[C@H](CO)[C@@H](O)[C@H](O)[C@H]2O)[C@H](O)[C@H](O)[C@H]1O)OC(=O)CCCCCCCCCCCCC. The molecule has 0 saturated carbocycles. The predicted octanol–water partition coefficient (Wildman–Crippen LogP) is 4.48. The molecule has 2 saturated heterocycles. The molecule has 0 unspecified atom stereocenters. The van der Waals surface area contributed by atoms with Crippen LogP contribution in [0.25, 0.3) is 0 Å². The van der Waals surface area contributed by atoms with E-state index in [1.165, 1.54) is 89.9 Å². The third-order valence-corrected chi connectivity index (χ3v) is 11.1. The molecule has 0 aliphatic carbocycles. The number of esters is 2. The quantitative estimate of drug-likeness (QED) is 0.0350. The van der Waals surface area contributed by atoms with Gasteiger partial charge >= 0.3 is 11.9 Å².